The first kappa shape index (κ1) is 23.9. The van der Waals surface area contributed by atoms with Gasteiger partial charge in [-0.15, -0.1) is 0 Å². The second-order valence-electron chi connectivity index (χ2n) is 9.33. The van der Waals surface area contributed by atoms with Crippen LogP contribution in [0.2, 0.25) is 0 Å². The standard InChI is InChI=1S/C28H27F2N3O3/c29-21-7-3-18(4-8-21)26(19-5-9-22(30)10-6-19)33-15-13-32(14-16-33)23-11-12-25(24(17-23)28(35)36)31-27(34)20-1-2-20/h3-12,17,20,26H,1-2,13-16H2,(H,31,34)(H,35,36). The van der Waals surface area contributed by atoms with Crippen molar-refractivity contribution in [2.24, 2.45) is 5.92 Å². The van der Waals surface area contributed by atoms with Gasteiger partial charge in [0.1, 0.15) is 11.6 Å². The molecule has 2 N–H and O–H groups in total. The van der Waals surface area contributed by atoms with E-state index in [1.807, 2.05) is 6.07 Å². The van der Waals surface area contributed by atoms with Gasteiger partial charge < -0.3 is 15.3 Å². The number of carboxylic acids is 1. The lowest BCUT2D eigenvalue weighted by Gasteiger charge is -2.40. The molecule has 3 aromatic rings. The van der Waals surface area contributed by atoms with Gasteiger partial charge in [-0.3, -0.25) is 9.69 Å². The molecule has 1 saturated heterocycles. The molecule has 0 bridgehead atoms. The number of halogens is 2. The van der Waals surface area contributed by atoms with Gasteiger partial charge >= 0.3 is 5.97 Å². The second-order valence-corrected chi connectivity index (χ2v) is 9.33. The molecule has 3 aromatic carbocycles. The van der Waals surface area contributed by atoms with Crippen LogP contribution in [0.15, 0.2) is 66.7 Å². The Morgan fingerprint density at radius 3 is 1.89 bits per heavy atom. The first-order valence-electron chi connectivity index (χ1n) is 12.1. The highest BCUT2D eigenvalue weighted by atomic mass is 19.1. The van der Waals surface area contributed by atoms with Crippen molar-refractivity contribution >= 4 is 23.3 Å². The van der Waals surface area contributed by atoms with Crippen LogP contribution in [0.3, 0.4) is 0 Å². The first-order valence-corrected chi connectivity index (χ1v) is 12.1. The third-order valence-electron chi connectivity index (χ3n) is 6.86. The van der Waals surface area contributed by atoms with Gasteiger partial charge in [-0.25, -0.2) is 13.6 Å². The molecule has 1 amide bonds. The van der Waals surface area contributed by atoms with E-state index in [0.717, 1.165) is 29.7 Å². The van der Waals surface area contributed by atoms with E-state index in [4.69, 9.17) is 0 Å². The third kappa shape index (κ3) is 5.23. The molecule has 36 heavy (non-hydrogen) atoms. The van der Waals surface area contributed by atoms with Crippen molar-refractivity contribution in [2.75, 3.05) is 36.4 Å². The van der Waals surface area contributed by atoms with Gasteiger partial charge in [0.2, 0.25) is 5.91 Å². The Balaban J connectivity index is 1.34. The number of nitrogens with one attached hydrogen (secondary N) is 1. The maximum absolute atomic E-state index is 13.6. The average molecular weight is 492 g/mol. The van der Waals surface area contributed by atoms with Crippen molar-refractivity contribution in [2.45, 2.75) is 18.9 Å². The van der Waals surface area contributed by atoms with Gasteiger partial charge in [-0.2, -0.15) is 0 Å². The predicted molar refractivity (Wildman–Crippen MR) is 133 cm³/mol. The number of hydrogen-bond acceptors (Lipinski definition) is 4. The van der Waals surface area contributed by atoms with Gasteiger partial charge in [0.15, 0.2) is 0 Å². The molecule has 5 rings (SSSR count). The minimum absolute atomic E-state index is 0.0189. The van der Waals surface area contributed by atoms with Crippen molar-refractivity contribution in [3.05, 3.63) is 95.1 Å². The molecule has 6 nitrogen and oxygen atoms in total. The van der Waals surface area contributed by atoms with E-state index < -0.39 is 5.97 Å². The number of amides is 1. The van der Waals surface area contributed by atoms with Crippen LogP contribution in [0.1, 0.15) is 40.4 Å². The third-order valence-corrected chi connectivity index (χ3v) is 6.86. The number of carboxylic acid groups (broad SMARTS) is 1. The summed E-state index contributed by atoms with van der Waals surface area (Å²) in [6.45, 7) is 2.63. The molecular weight excluding hydrogens is 464 g/mol. The number of hydrogen-bond donors (Lipinski definition) is 2. The molecule has 1 heterocycles. The van der Waals surface area contributed by atoms with Gasteiger partial charge in [0.25, 0.3) is 0 Å². The van der Waals surface area contributed by atoms with Crippen LogP contribution in [0.5, 0.6) is 0 Å². The Labute approximate surface area is 208 Å². The maximum atomic E-state index is 13.6. The van der Waals surface area contributed by atoms with E-state index in [-0.39, 0.29) is 35.1 Å². The Morgan fingerprint density at radius 2 is 1.39 bits per heavy atom. The largest absolute Gasteiger partial charge is 0.478 e. The minimum atomic E-state index is -1.09. The summed E-state index contributed by atoms with van der Waals surface area (Å²) in [7, 11) is 0. The molecule has 2 fully saturated rings. The van der Waals surface area contributed by atoms with Crippen LogP contribution in [0.25, 0.3) is 0 Å². The molecule has 0 atom stereocenters. The van der Waals surface area contributed by atoms with Crippen LogP contribution in [0.4, 0.5) is 20.2 Å². The predicted octanol–water partition coefficient (Wildman–Crippen LogP) is 4.92. The second kappa shape index (κ2) is 10.1. The van der Waals surface area contributed by atoms with Crippen molar-refractivity contribution in [3.8, 4) is 0 Å². The molecule has 0 radical (unpaired) electrons. The molecular formula is C28H27F2N3O3. The summed E-state index contributed by atoms with van der Waals surface area (Å²) in [5.74, 6) is -1.87. The molecule has 0 spiro atoms. The van der Waals surface area contributed by atoms with Gasteiger partial charge in [0.05, 0.1) is 17.3 Å². The Morgan fingerprint density at radius 1 is 0.833 bits per heavy atom. The monoisotopic (exact) mass is 491 g/mol. The summed E-state index contributed by atoms with van der Waals surface area (Å²) in [6, 6.07) is 17.7. The van der Waals surface area contributed by atoms with E-state index in [9.17, 15) is 23.5 Å². The molecule has 1 aliphatic heterocycles. The molecule has 1 saturated carbocycles. The number of anilines is 2. The highest BCUT2D eigenvalue weighted by Crippen LogP contribution is 2.33. The summed E-state index contributed by atoms with van der Waals surface area (Å²) in [5, 5.41) is 12.5. The number of carbonyl (C=O) groups is 2. The fraction of sp³-hybridized carbons (Fsp3) is 0.286. The minimum Gasteiger partial charge on any atom is -0.478 e. The van der Waals surface area contributed by atoms with Gasteiger partial charge in [0, 0.05) is 37.8 Å². The van der Waals surface area contributed by atoms with E-state index in [2.05, 4.69) is 15.1 Å². The molecule has 0 aromatic heterocycles. The lowest BCUT2D eigenvalue weighted by Crippen LogP contribution is -2.48. The van der Waals surface area contributed by atoms with Crippen LogP contribution < -0.4 is 10.2 Å². The lowest BCUT2D eigenvalue weighted by atomic mass is 9.96. The SMILES string of the molecule is O=C(O)c1cc(N2CCN(C(c3ccc(F)cc3)c3ccc(F)cc3)CC2)ccc1NC(=O)C1CC1. The quantitative estimate of drug-likeness (QED) is 0.491. The van der Waals surface area contributed by atoms with E-state index in [1.165, 1.54) is 24.3 Å². The van der Waals surface area contributed by atoms with Crippen molar-refractivity contribution in [1.29, 1.82) is 0 Å². The van der Waals surface area contributed by atoms with E-state index in [0.29, 0.717) is 31.9 Å². The summed E-state index contributed by atoms with van der Waals surface area (Å²) in [6.07, 6.45) is 1.68. The number of nitrogens with zero attached hydrogens (tertiary/aromatic N) is 2. The van der Waals surface area contributed by atoms with Crippen molar-refractivity contribution in [3.63, 3.8) is 0 Å². The molecule has 8 heteroatoms. The van der Waals surface area contributed by atoms with Gasteiger partial charge in [-0.05, 0) is 66.4 Å². The Bertz CT molecular complexity index is 1210. The van der Waals surface area contributed by atoms with Crippen molar-refractivity contribution < 1.29 is 23.5 Å². The summed E-state index contributed by atoms with van der Waals surface area (Å²) < 4.78 is 27.2. The zero-order valence-corrected chi connectivity index (χ0v) is 19.7. The summed E-state index contributed by atoms with van der Waals surface area (Å²) in [4.78, 5) is 28.4. The van der Waals surface area contributed by atoms with Gasteiger partial charge in [-0.1, -0.05) is 24.3 Å². The topological polar surface area (TPSA) is 72.9 Å². The number of piperazine rings is 1. The zero-order valence-electron chi connectivity index (χ0n) is 19.7. The summed E-state index contributed by atoms with van der Waals surface area (Å²) >= 11 is 0. The Hall–Kier alpha value is -3.78. The maximum Gasteiger partial charge on any atom is 0.337 e. The fourth-order valence-electron chi connectivity index (χ4n) is 4.74. The number of benzene rings is 3. The average Bonchev–Trinajstić information content (AvgIpc) is 3.73. The van der Waals surface area contributed by atoms with Crippen LogP contribution in [-0.2, 0) is 4.79 Å². The normalized spacial score (nSPS) is 16.2. The molecule has 1 aliphatic carbocycles. The number of aromatic carboxylic acids is 1. The molecule has 2 aliphatic rings. The van der Waals surface area contributed by atoms with E-state index in [1.54, 1.807) is 36.4 Å². The zero-order chi connectivity index (χ0) is 25.2. The number of carbonyl (C=O) groups excluding carboxylic acids is 1. The molecule has 186 valence electrons. The van der Waals surface area contributed by atoms with Crippen LogP contribution in [-0.4, -0.2) is 48.1 Å². The first-order chi connectivity index (χ1) is 17.4. The molecule has 0 unspecified atom stereocenters. The number of rotatable bonds is 7. The van der Waals surface area contributed by atoms with Crippen LogP contribution in [0, 0.1) is 17.6 Å². The highest BCUT2D eigenvalue weighted by Gasteiger charge is 2.31. The highest BCUT2D eigenvalue weighted by molar-refractivity contribution is 6.02. The fourth-order valence-corrected chi connectivity index (χ4v) is 4.74. The lowest BCUT2D eigenvalue weighted by molar-refractivity contribution is -0.117. The Kier molecular flexibility index (Phi) is 6.69. The van der Waals surface area contributed by atoms with Crippen LogP contribution >= 0.6 is 0 Å². The van der Waals surface area contributed by atoms with E-state index >= 15 is 0 Å². The summed E-state index contributed by atoms with van der Waals surface area (Å²) in [5.41, 5.74) is 2.99. The smallest absolute Gasteiger partial charge is 0.337 e. The van der Waals surface area contributed by atoms with Crippen molar-refractivity contribution in [1.82, 2.24) is 4.90 Å².